The van der Waals surface area contributed by atoms with Gasteiger partial charge in [-0.1, -0.05) is 11.6 Å². The molecule has 0 fully saturated rings. The van der Waals surface area contributed by atoms with Gasteiger partial charge in [0.15, 0.2) is 0 Å². The predicted molar refractivity (Wildman–Crippen MR) is 49.6 cm³/mol. The van der Waals surface area contributed by atoms with Gasteiger partial charge in [0.25, 0.3) is 0 Å². The van der Waals surface area contributed by atoms with E-state index in [0.717, 1.165) is 5.69 Å². The van der Waals surface area contributed by atoms with Gasteiger partial charge in [0, 0.05) is 13.2 Å². The van der Waals surface area contributed by atoms with E-state index in [1.165, 1.54) is 5.57 Å². The standard InChI is InChI=1S/C9H15N3/c1-7(2)6-8(10)9-4-5-12(3)11-9/h4-6,8H,10H2,1-3H3. The molecule has 1 rings (SSSR count). The summed E-state index contributed by atoms with van der Waals surface area (Å²) in [5.74, 6) is 0. The third kappa shape index (κ3) is 2.20. The summed E-state index contributed by atoms with van der Waals surface area (Å²) in [6.45, 7) is 4.06. The van der Waals surface area contributed by atoms with Gasteiger partial charge in [-0.25, -0.2) is 0 Å². The van der Waals surface area contributed by atoms with Crippen LogP contribution >= 0.6 is 0 Å². The number of rotatable bonds is 2. The topological polar surface area (TPSA) is 43.8 Å². The van der Waals surface area contributed by atoms with E-state index in [1.54, 1.807) is 4.68 Å². The van der Waals surface area contributed by atoms with E-state index < -0.39 is 0 Å². The van der Waals surface area contributed by atoms with Crippen LogP contribution < -0.4 is 5.73 Å². The van der Waals surface area contributed by atoms with Crippen LogP contribution in [0.4, 0.5) is 0 Å². The molecule has 0 aliphatic carbocycles. The smallest absolute Gasteiger partial charge is 0.0830 e. The van der Waals surface area contributed by atoms with Crippen LogP contribution in [-0.4, -0.2) is 9.78 Å². The average Bonchev–Trinajstić information content (AvgIpc) is 2.34. The molecule has 1 unspecified atom stereocenters. The maximum absolute atomic E-state index is 5.86. The average molecular weight is 165 g/mol. The Morgan fingerprint density at radius 2 is 2.33 bits per heavy atom. The maximum atomic E-state index is 5.86. The van der Waals surface area contributed by atoms with Gasteiger partial charge >= 0.3 is 0 Å². The van der Waals surface area contributed by atoms with E-state index in [-0.39, 0.29) is 6.04 Å². The predicted octanol–water partition coefficient (Wildman–Crippen LogP) is 1.39. The highest BCUT2D eigenvalue weighted by Crippen LogP contribution is 2.09. The van der Waals surface area contributed by atoms with E-state index in [1.807, 2.05) is 39.2 Å². The van der Waals surface area contributed by atoms with Gasteiger partial charge in [-0.05, 0) is 19.9 Å². The summed E-state index contributed by atoms with van der Waals surface area (Å²) in [5, 5.41) is 4.21. The Labute approximate surface area is 72.9 Å². The largest absolute Gasteiger partial charge is 0.319 e. The summed E-state index contributed by atoms with van der Waals surface area (Å²) in [4.78, 5) is 0. The van der Waals surface area contributed by atoms with Crippen LogP contribution in [0.2, 0.25) is 0 Å². The zero-order valence-corrected chi connectivity index (χ0v) is 7.78. The van der Waals surface area contributed by atoms with Crippen molar-refractivity contribution in [1.29, 1.82) is 0 Å². The molecule has 0 aliphatic heterocycles. The van der Waals surface area contributed by atoms with Crippen LogP contribution in [0.1, 0.15) is 25.6 Å². The minimum Gasteiger partial charge on any atom is -0.319 e. The summed E-state index contributed by atoms with van der Waals surface area (Å²) >= 11 is 0. The number of hydrogen-bond donors (Lipinski definition) is 1. The number of aromatic nitrogens is 2. The molecule has 3 nitrogen and oxygen atoms in total. The van der Waals surface area contributed by atoms with Crippen LogP contribution in [0, 0.1) is 0 Å². The van der Waals surface area contributed by atoms with Crippen molar-refractivity contribution in [1.82, 2.24) is 9.78 Å². The monoisotopic (exact) mass is 165 g/mol. The van der Waals surface area contributed by atoms with Crippen LogP contribution in [0.15, 0.2) is 23.9 Å². The second-order valence-corrected chi connectivity index (χ2v) is 3.18. The highest BCUT2D eigenvalue weighted by atomic mass is 15.3. The molecule has 0 radical (unpaired) electrons. The van der Waals surface area contributed by atoms with Gasteiger partial charge in [0.1, 0.15) is 0 Å². The molecule has 2 N–H and O–H groups in total. The third-order valence-electron chi connectivity index (χ3n) is 1.59. The van der Waals surface area contributed by atoms with Crippen molar-refractivity contribution in [2.24, 2.45) is 12.8 Å². The lowest BCUT2D eigenvalue weighted by atomic mass is 10.1. The van der Waals surface area contributed by atoms with Gasteiger partial charge in [0.05, 0.1) is 11.7 Å². The molecular formula is C9H15N3. The van der Waals surface area contributed by atoms with Crippen molar-refractivity contribution >= 4 is 0 Å². The first-order chi connectivity index (χ1) is 5.59. The molecule has 0 aromatic carbocycles. The van der Waals surface area contributed by atoms with E-state index in [2.05, 4.69) is 5.10 Å². The van der Waals surface area contributed by atoms with Gasteiger partial charge < -0.3 is 5.73 Å². The van der Waals surface area contributed by atoms with E-state index >= 15 is 0 Å². The van der Waals surface area contributed by atoms with Crippen LogP contribution in [0.25, 0.3) is 0 Å². The molecule has 66 valence electrons. The first-order valence-electron chi connectivity index (χ1n) is 4.00. The van der Waals surface area contributed by atoms with Crippen LogP contribution in [-0.2, 0) is 7.05 Å². The number of nitrogens with zero attached hydrogens (tertiary/aromatic N) is 2. The summed E-state index contributed by atoms with van der Waals surface area (Å²) < 4.78 is 1.76. The quantitative estimate of drug-likeness (QED) is 0.673. The Morgan fingerprint density at radius 1 is 1.67 bits per heavy atom. The van der Waals surface area contributed by atoms with Crippen molar-refractivity contribution in [3.05, 3.63) is 29.6 Å². The highest BCUT2D eigenvalue weighted by Gasteiger charge is 2.04. The number of hydrogen-bond acceptors (Lipinski definition) is 2. The molecule has 1 aromatic heterocycles. The molecule has 0 spiro atoms. The van der Waals surface area contributed by atoms with Crippen molar-refractivity contribution < 1.29 is 0 Å². The molecule has 0 saturated carbocycles. The van der Waals surface area contributed by atoms with Crippen molar-refractivity contribution in [2.75, 3.05) is 0 Å². The molecule has 1 heterocycles. The lowest BCUT2D eigenvalue weighted by Gasteiger charge is -2.02. The molecular weight excluding hydrogens is 150 g/mol. The number of aryl methyl sites for hydroxylation is 1. The third-order valence-corrected chi connectivity index (χ3v) is 1.59. The normalized spacial score (nSPS) is 12.7. The lowest BCUT2D eigenvalue weighted by molar-refractivity contribution is 0.722. The number of nitrogens with two attached hydrogens (primary N) is 1. The Hall–Kier alpha value is -1.09. The highest BCUT2D eigenvalue weighted by molar-refractivity contribution is 5.14. The fraction of sp³-hybridized carbons (Fsp3) is 0.444. The van der Waals surface area contributed by atoms with Gasteiger partial charge in [-0.15, -0.1) is 0 Å². The zero-order chi connectivity index (χ0) is 9.14. The minimum atomic E-state index is -0.0730. The van der Waals surface area contributed by atoms with Gasteiger partial charge in [0.2, 0.25) is 0 Å². The molecule has 1 atom stereocenters. The Balaban J connectivity index is 2.78. The fourth-order valence-corrected chi connectivity index (χ4v) is 1.06. The second-order valence-electron chi connectivity index (χ2n) is 3.18. The summed E-state index contributed by atoms with van der Waals surface area (Å²) in [5.41, 5.74) is 7.99. The van der Waals surface area contributed by atoms with Crippen molar-refractivity contribution in [2.45, 2.75) is 19.9 Å². The molecule has 0 aliphatic rings. The first-order valence-corrected chi connectivity index (χ1v) is 4.00. The van der Waals surface area contributed by atoms with E-state index in [0.29, 0.717) is 0 Å². The molecule has 0 bridgehead atoms. The summed E-state index contributed by atoms with van der Waals surface area (Å²) in [6.07, 6.45) is 3.90. The minimum absolute atomic E-state index is 0.0730. The van der Waals surface area contributed by atoms with Crippen LogP contribution in [0.3, 0.4) is 0 Å². The van der Waals surface area contributed by atoms with Gasteiger partial charge in [-0.3, -0.25) is 4.68 Å². The van der Waals surface area contributed by atoms with Crippen molar-refractivity contribution in [3.63, 3.8) is 0 Å². The lowest BCUT2D eigenvalue weighted by Crippen LogP contribution is -2.08. The SMILES string of the molecule is CC(C)=CC(N)c1ccn(C)n1. The maximum Gasteiger partial charge on any atom is 0.0830 e. The Morgan fingerprint density at radius 3 is 2.75 bits per heavy atom. The van der Waals surface area contributed by atoms with E-state index in [9.17, 15) is 0 Å². The molecule has 1 aromatic rings. The Bertz CT molecular complexity index is 282. The zero-order valence-electron chi connectivity index (χ0n) is 7.78. The molecule has 0 amide bonds. The Kier molecular flexibility index (Phi) is 2.65. The van der Waals surface area contributed by atoms with Crippen LogP contribution in [0.5, 0.6) is 0 Å². The molecule has 3 heteroatoms. The van der Waals surface area contributed by atoms with Crippen molar-refractivity contribution in [3.8, 4) is 0 Å². The number of allylic oxidation sites excluding steroid dienone is 1. The summed E-state index contributed by atoms with van der Waals surface area (Å²) in [7, 11) is 1.89. The summed E-state index contributed by atoms with van der Waals surface area (Å²) in [6, 6.07) is 1.86. The van der Waals surface area contributed by atoms with E-state index in [4.69, 9.17) is 5.73 Å². The second kappa shape index (κ2) is 3.54. The molecule has 12 heavy (non-hydrogen) atoms. The van der Waals surface area contributed by atoms with Gasteiger partial charge in [-0.2, -0.15) is 5.10 Å². The fourth-order valence-electron chi connectivity index (χ4n) is 1.06. The first kappa shape index (κ1) is 9.00. The molecule has 0 saturated heterocycles.